The molecule has 1 saturated carbocycles. The van der Waals surface area contributed by atoms with Crippen molar-refractivity contribution in [2.75, 3.05) is 13.2 Å². The van der Waals surface area contributed by atoms with E-state index < -0.39 is 34.0 Å². The predicted octanol–water partition coefficient (Wildman–Crippen LogP) is 3.96. The van der Waals surface area contributed by atoms with E-state index in [0.29, 0.717) is 24.7 Å². The van der Waals surface area contributed by atoms with Gasteiger partial charge < -0.3 is 9.47 Å². The van der Waals surface area contributed by atoms with Gasteiger partial charge in [0, 0.05) is 22.9 Å². The van der Waals surface area contributed by atoms with Crippen LogP contribution in [-0.2, 0) is 29.5 Å². The van der Waals surface area contributed by atoms with Gasteiger partial charge in [0.15, 0.2) is 0 Å². The summed E-state index contributed by atoms with van der Waals surface area (Å²) in [5.41, 5.74) is -2.86. The minimum atomic E-state index is -0.818. The van der Waals surface area contributed by atoms with Crippen LogP contribution in [0.15, 0.2) is 12.2 Å². The topological polar surface area (TPSA) is 98.9 Å². The molecule has 2 bridgehead atoms. The summed E-state index contributed by atoms with van der Waals surface area (Å²) in [6, 6.07) is 0. The van der Waals surface area contributed by atoms with Crippen molar-refractivity contribution in [2.45, 2.75) is 96.8 Å². The highest BCUT2D eigenvalue weighted by atomic mass is 16.5. The van der Waals surface area contributed by atoms with Crippen molar-refractivity contribution in [1.82, 2.24) is 10.1 Å². The van der Waals surface area contributed by atoms with Gasteiger partial charge in [-0.15, -0.1) is 20.5 Å². The maximum atomic E-state index is 13.0. The summed E-state index contributed by atoms with van der Waals surface area (Å²) < 4.78 is 11.6. The Hall–Kier alpha value is -1.48. The zero-order chi connectivity index (χ0) is 26.1. The van der Waals surface area contributed by atoms with E-state index in [1.165, 1.54) is 0 Å². The Morgan fingerprint density at radius 3 is 1.34 bits per heavy atom. The Bertz CT molecular complexity index is 824. The fraction of sp³-hybridized carbons (Fsp3) is 0.852. The molecule has 0 spiro atoms. The van der Waals surface area contributed by atoms with Gasteiger partial charge in [0.25, 0.3) is 0 Å². The largest absolute Gasteiger partial charge is 0.465 e. The average molecular weight is 491 g/mol. The lowest BCUT2D eigenvalue weighted by atomic mass is 9.83. The summed E-state index contributed by atoms with van der Waals surface area (Å²) in [6.07, 6.45) is 6.26. The number of hydrogen-bond donors (Lipinski definition) is 0. The highest BCUT2D eigenvalue weighted by Gasteiger charge is 2.57. The molecule has 0 amide bonds. The van der Waals surface area contributed by atoms with Crippen LogP contribution in [0.4, 0.5) is 0 Å². The molecule has 0 aromatic carbocycles. The third kappa shape index (κ3) is 4.34. The fourth-order valence-corrected chi connectivity index (χ4v) is 7.33. The summed E-state index contributed by atoms with van der Waals surface area (Å²) in [5, 5.41) is 27.4. The maximum Gasteiger partial charge on any atom is 0.310 e. The van der Waals surface area contributed by atoms with Crippen LogP contribution in [-0.4, -0.2) is 57.4 Å². The number of nitrogens with zero attached hydrogens (tertiary/aromatic N) is 2. The van der Waals surface area contributed by atoms with Gasteiger partial charge in [0.05, 0.1) is 36.1 Å². The first-order valence-corrected chi connectivity index (χ1v) is 13.0. The molecule has 35 heavy (non-hydrogen) atoms. The Balaban J connectivity index is 1.37. The number of rotatable bonds is 6. The Kier molecular flexibility index (Phi) is 6.48. The molecule has 6 atom stereocenters. The van der Waals surface area contributed by atoms with Gasteiger partial charge in [-0.1, -0.05) is 12.2 Å². The van der Waals surface area contributed by atoms with Crippen molar-refractivity contribution in [3.05, 3.63) is 12.2 Å². The summed E-state index contributed by atoms with van der Waals surface area (Å²) in [4.78, 5) is 26.1. The molecule has 0 aromatic heterocycles. The van der Waals surface area contributed by atoms with E-state index >= 15 is 0 Å². The van der Waals surface area contributed by atoms with Crippen molar-refractivity contribution >= 4 is 11.9 Å². The highest BCUT2D eigenvalue weighted by molar-refractivity contribution is 5.75. The second kappa shape index (κ2) is 8.54. The summed E-state index contributed by atoms with van der Waals surface area (Å²) >= 11 is 0. The molecule has 3 fully saturated rings. The van der Waals surface area contributed by atoms with Crippen molar-refractivity contribution in [1.29, 1.82) is 0 Å². The first-order valence-electron chi connectivity index (χ1n) is 13.0. The Labute approximate surface area is 209 Å². The lowest BCUT2D eigenvalue weighted by Crippen LogP contribution is -2.48. The Morgan fingerprint density at radius 1 is 0.714 bits per heavy atom. The maximum absolute atomic E-state index is 13.0. The summed E-state index contributed by atoms with van der Waals surface area (Å²) in [5.74, 6) is -0.882. The number of hydrogen-bond acceptors (Lipinski definition) is 6. The lowest BCUT2D eigenvalue weighted by molar-refractivity contribution is -0.249. The number of carbonyl (C=O) groups excluding carboxylic acids is 2. The number of esters is 2. The van der Waals surface area contributed by atoms with Crippen LogP contribution in [0, 0.1) is 35.5 Å². The first kappa shape index (κ1) is 26.6. The molecule has 2 aliphatic heterocycles. The molecule has 2 saturated heterocycles. The molecule has 8 nitrogen and oxygen atoms in total. The van der Waals surface area contributed by atoms with Gasteiger partial charge >= 0.3 is 11.9 Å². The van der Waals surface area contributed by atoms with Gasteiger partial charge in [0.1, 0.15) is 0 Å². The van der Waals surface area contributed by atoms with E-state index in [0.717, 1.165) is 16.5 Å². The lowest BCUT2D eigenvalue weighted by Gasteiger charge is -2.34. The smallest absolute Gasteiger partial charge is 0.310 e. The molecular formula is C27H42N2O6. The van der Waals surface area contributed by atoms with E-state index in [9.17, 15) is 20.0 Å². The molecule has 4 rings (SSSR count). The van der Waals surface area contributed by atoms with Crippen LogP contribution in [0.1, 0.15) is 74.7 Å². The van der Waals surface area contributed by atoms with Crippen LogP contribution in [0.5, 0.6) is 0 Å². The van der Waals surface area contributed by atoms with Gasteiger partial charge in [-0.05, 0) is 86.5 Å². The summed E-state index contributed by atoms with van der Waals surface area (Å²) in [7, 11) is 0. The average Bonchev–Trinajstić information content (AvgIpc) is 3.45. The molecular weight excluding hydrogens is 448 g/mol. The molecule has 0 N–H and O–H groups in total. The SMILES string of the molecule is CC1(C)CC(C(=O)OC[C@@H]2[C@H](COC(=O)C3CC(C)(C)N([O])C3(C)C)[C@@H]3C=C[C@H]2C3)C(C)(C)N1[O]. The van der Waals surface area contributed by atoms with Crippen molar-refractivity contribution in [3.8, 4) is 0 Å². The van der Waals surface area contributed by atoms with Crippen LogP contribution in [0.2, 0.25) is 0 Å². The number of hydroxylamine groups is 4. The number of carbonyl (C=O) groups is 2. The quantitative estimate of drug-likeness (QED) is 0.413. The number of fused-ring (bicyclic) bond motifs is 2. The van der Waals surface area contributed by atoms with E-state index in [2.05, 4.69) is 12.2 Å². The molecule has 8 heteroatoms. The van der Waals surface area contributed by atoms with E-state index in [1.807, 2.05) is 27.7 Å². The molecule has 2 radical (unpaired) electrons. The van der Waals surface area contributed by atoms with Crippen LogP contribution in [0.3, 0.4) is 0 Å². The third-order valence-corrected chi connectivity index (χ3v) is 9.46. The highest BCUT2D eigenvalue weighted by Crippen LogP contribution is 2.50. The van der Waals surface area contributed by atoms with Gasteiger partial charge in [0.2, 0.25) is 0 Å². The minimum Gasteiger partial charge on any atom is -0.465 e. The van der Waals surface area contributed by atoms with Gasteiger partial charge in [-0.3, -0.25) is 9.59 Å². The number of ether oxygens (including phenoxy) is 2. The second-order valence-corrected chi connectivity index (χ2v) is 13.6. The molecule has 0 aromatic rings. The van der Waals surface area contributed by atoms with Crippen molar-refractivity contribution in [2.24, 2.45) is 35.5 Å². The van der Waals surface area contributed by atoms with Gasteiger partial charge in [-0.25, -0.2) is 0 Å². The first-order chi connectivity index (χ1) is 16.0. The predicted molar refractivity (Wildman–Crippen MR) is 127 cm³/mol. The second-order valence-electron chi connectivity index (χ2n) is 13.6. The zero-order valence-corrected chi connectivity index (χ0v) is 22.5. The normalized spacial score (nSPS) is 38.7. The van der Waals surface area contributed by atoms with Crippen LogP contribution >= 0.6 is 0 Å². The van der Waals surface area contributed by atoms with Crippen molar-refractivity contribution < 1.29 is 29.5 Å². The molecule has 4 aliphatic rings. The molecule has 2 unspecified atom stereocenters. The Morgan fingerprint density at radius 2 is 1.06 bits per heavy atom. The van der Waals surface area contributed by atoms with Crippen LogP contribution < -0.4 is 0 Å². The standard InChI is InChI=1S/C27H42N2O6/c1-24(2)12-20(26(5,6)28(24)32)22(30)34-14-18-16-9-10-17(11-16)19(18)15-35-23(31)21-13-25(3,4)29(33)27(21,7)8/h9-10,16-21H,11-15H2,1-8H3/t16-,17+,18-,19+,20?,21?. The summed E-state index contributed by atoms with van der Waals surface area (Å²) in [6.45, 7) is 15.2. The third-order valence-electron chi connectivity index (χ3n) is 9.46. The monoisotopic (exact) mass is 490 g/mol. The minimum absolute atomic E-state index is 0.0756. The van der Waals surface area contributed by atoms with Gasteiger partial charge in [-0.2, -0.15) is 0 Å². The zero-order valence-electron chi connectivity index (χ0n) is 22.5. The van der Waals surface area contributed by atoms with Crippen molar-refractivity contribution in [3.63, 3.8) is 0 Å². The van der Waals surface area contributed by atoms with E-state index in [1.54, 1.807) is 27.7 Å². The van der Waals surface area contributed by atoms with E-state index in [-0.39, 0.29) is 37.0 Å². The molecule has 2 heterocycles. The molecule has 196 valence electrons. The van der Waals surface area contributed by atoms with E-state index in [4.69, 9.17) is 9.47 Å². The fourth-order valence-electron chi connectivity index (χ4n) is 7.33. The van der Waals surface area contributed by atoms with Crippen LogP contribution in [0.25, 0.3) is 0 Å². The molecule has 2 aliphatic carbocycles. The number of allylic oxidation sites excluding steroid dienone is 2.